The van der Waals surface area contributed by atoms with Crippen molar-refractivity contribution in [3.05, 3.63) is 100 Å². The van der Waals surface area contributed by atoms with Gasteiger partial charge >= 0.3 is 5.97 Å². The Morgan fingerprint density at radius 2 is 1.77 bits per heavy atom. The van der Waals surface area contributed by atoms with Gasteiger partial charge in [0.05, 0.1) is 28.9 Å². The number of imidazole rings is 1. The van der Waals surface area contributed by atoms with E-state index in [9.17, 15) is 22.7 Å². The maximum atomic E-state index is 15.5. The lowest BCUT2D eigenvalue weighted by molar-refractivity contribution is -0.140. The molecule has 0 amide bonds. The van der Waals surface area contributed by atoms with E-state index in [0.717, 1.165) is 17.3 Å². The minimum Gasteiger partial charge on any atom is -0.495 e. The summed E-state index contributed by atoms with van der Waals surface area (Å²) >= 11 is 10.4. The summed E-state index contributed by atoms with van der Waals surface area (Å²) in [7, 11) is -3.05. The van der Waals surface area contributed by atoms with E-state index in [1.807, 2.05) is 19.9 Å². The van der Waals surface area contributed by atoms with Gasteiger partial charge in [0, 0.05) is 34.3 Å². The van der Waals surface area contributed by atoms with E-state index in [1.54, 1.807) is 35.0 Å². The van der Waals surface area contributed by atoms with Crippen LogP contribution in [-0.4, -0.2) is 58.4 Å². The molecule has 4 aromatic rings. The molecule has 0 saturated heterocycles. The summed E-state index contributed by atoms with van der Waals surface area (Å²) in [5, 5.41) is 10.6. The van der Waals surface area contributed by atoms with Crippen LogP contribution >= 0.6 is 39.3 Å². The highest BCUT2D eigenvalue weighted by molar-refractivity contribution is 9.09. The van der Waals surface area contributed by atoms with Gasteiger partial charge in [-0.25, -0.2) is 26.6 Å². The molecular formula is C32H32BrClF3N3O5S2. The van der Waals surface area contributed by atoms with E-state index >= 15 is 8.78 Å². The normalized spacial score (nSPS) is 12.8. The third-order valence-corrected chi connectivity index (χ3v) is 11.5. The number of halogens is 5. The second-order valence-electron chi connectivity index (χ2n) is 11.0. The summed E-state index contributed by atoms with van der Waals surface area (Å²) in [6.07, 6.45) is 1.90. The Morgan fingerprint density at radius 3 is 2.34 bits per heavy atom. The molecule has 3 aromatic carbocycles. The van der Waals surface area contributed by atoms with Crippen molar-refractivity contribution in [1.82, 2.24) is 13.9 Å². The molecule has 252 valence electrons. The number of methoxy groups -OCH3 is 1. The number of ether oxygens (including phenoxy) is 1. The first-order valence-electron chi connectivity index (χ1n) is 14.2. The van der Waals surface area contributed by atoms with Gasteiger partial charge in [-0.15, -0.1) is 0 Å². The number of thioether (sulfide) groups is 1. The van der Waals surface area contributed by atoms with Crippen LogP contribution in [0.1, 0.15) is 44.0 Å². The molecular weight excluding hydrogens is 743 g/mol. The minimum atomic E-state index is -4.56. The Kier molecular flexibility index (Phi) is 11.8. The fourth-order valence-electron chi connectivity index (χ4n) is 4.91. The van der Waals surface area contributed by atoms with Crippen molar-refractivity contribution in [2.24, 2.45) is 0 Å². The highest BCUT2D eigenvalue weighted by Gasteiger charge is 2.34. The molecule has 0 bridgehead atoms. The van der Waals surface area contributed by atoms with Crippen molar-refractivity contribution in [2.45, 2.75) is 54.5 Å². The molecule has 0 aliphatic carbocycles. The van der Waals surface area contributed by atoms with E-state index in [-0.39, 0.29) is 18.7 Å². The molecule has 0 aliphatic heterocycles. The van der Waals surface area contributed by atoms with Crippen LogP contribution in [0, 0.1) is 17.5 Å². The topological polar surface area (TPSA) is 102 Å². The highest BCUT2D eigenvalue weighted by Crippen LogP contribution is 2.39. The SMILES string of the molecule is COc1cc(C(C)(C)c2cnc(SCc3c(F)cc(S(=O)(=O)N(CCCBr)C(C)C(=O)O)cc3F)n2-c2ccc(F)cc2)ccc1Cl. The fourth-order valence-corrected chi connectivity index (χ4v) is 8.02. The Hall–Kier alpha value is -3.04. The van der Waals surface area contributed by atoms with Gasteiger partial charge in [0.25, 0.3) is 0 Å². The molecule has 8 nitrogen and oxygen atoms in total. The number of carboxylic acids is 1. The van der Waals surface area contributed by atoms with E-state index in [4.69, 9.17) is 16.3 Å². The largest absolute Gasteiger partial charge is 0.495 e. The van der Waals surface area contributed by atoms with Crippen LogP contribution in [0.5, 0.6) is 5.75 Å². The third-order valence-electron chi connectivity index (χ3n) is 7.70. The second kappa shape index (κ2) is 15.0. The number of sulfonamides is 1. The van der Waals surface area contributed by atoms with Crippen LogP contribution < -0.4 is 4.74 Å². The predicted octanol–water partition coefficient (Wildman–Crippen LogP) is 7.82. The summed E-state index contributed by atoms with van der Waals surface area (Å²) in [4.78, 5) is 15.5. The van der Waals surface area contributed by atoms with E-state index in [0.29, 0.717) is 49.1 Å². The molecule has 1 atom stereocenters. The average molecular weight is 775 g/mol. The number of carboxylic acid groups (broad SMARTS) is 1. The third kappa shape index (κ3) is 7.83. The lowest BCUT2D eigenvalue weighted by Crippen LogP contribution is -2.43. The predicted molar refractivity (Wildman–Crippen MR) is 179 cm³/mol. The van der Waals surface area contributed by atoms with Crippen LogP contribution in [0.25, 0.3) is 5.69 Å². The molecule has 4 rings (SSSR count). The number of hydrogen-bond acceptors (Lipinski definition) is 6. The van der Waals surface area contributed by atoms with Crippen molar-refractivity contribution in [3.63, 3.8) is 0 Å². The number of aliphatic carboxylic acids is 1. The number of rotatable bonds is 14. The zero-order chi connectivity index (χ0) is 34.7. The first-order valence-corrected chi connectivity index (χ1v) is 18.2. The Morgan fingerprint density at radius 1 is 1.13 bits per heavy atom. The van der Waals surface area contributed by atoms with Crippen molar-refractivity contribution in [1.29, 1.82) is 0 Å². The van der Waals surface area contributed by atoms with Crippen molar-refractivity contribution in [3.8, 4) is 11.4 Å². The lowest BCUT2D eigenvalue weighted by atomic mass is 9.81. The molecule has 0 radical (unpaired) electrons. The number of nitrogens with zero attached hydrogens (tertiary/aromatic N) is 3. The number of alkyl halides is 1. The van der Waals surface area contributed by atoms with E-state index < -0.39 is 55.4 Å². The Labute approximate surface area is 289 Å². The van der Waals surface area contributed by atoms with Gasteiger partial charge in [-0.05, 0) is 67.4 Å². The molecule has 0 spiro atoms. The molecule has 15 heteroatoms. The summed E-state index contributed by atoms with van der Waals surface area (Å²) in [5.74, 6) is -3.88. The maximum Gasteiger partial charge on any atom is 0.321 e. The number of carbonyl (C=O) groups is 1. The van der Waals surface area contributed by atoms with Gasteiger partial charge in [-0.3, -0.25) is 9.36 Å². The van der Waals surface area contributed by atoms with Crippen LogP contribution in [0.3, 0.4) is 0 Å². The van der Waals surface area contributed by atoms with Crippen LogP contribution in [0.4, 0.5) is 13.2 Å². The summed E-state index contributed by atoms with van der Waals surface area (Å²) < 4.78 is 79.3. The molecule has 1 unspecified atom stereocenters. The highest BCUT2D eigenvalue weighted by atomic mass is 79.9. The monoisotopic (exact) mass is 773 g/mol. The summed E-state index contributed by atoms with van der Waals surface area (Å²) in [6.45, 7) is 4.92. The van der Waals surface area contributed by atoms with Gasteiger partial charge in [0.1, 0.15) is 29.2 Å². The number of hydrogen-bond donors (Lipinski definition) is 1. The van der Waals surface area contributed by atoms with Crippen molar-refractivity contribution in [2.75, 3.05) is 19.0 Å². The molecule has 1 N–H and O–H groups in total. The zero-order valence-electron chi connectivity index (χ0n) is 25.8. The van der Waals surface area contributed by atoms with E-state index in [2.05, 4.69) is 20.9 Å². The quantitative estimate of drug-likeness (QED) is 0.103. The maximum absolute atomic E-state index is 15.5. The molecule has 1 aromatic heterocycles. The molecule has 0 aliphatic rings. The average Bonchev–Trinajstić information content (AvgIpc) is 3.45. The Bertz CT molecular complexity index is 1850. The van der Waals surface area contributed by atoms with Gasteiger partial charge in [-0.1, -0.05) is 59.2 Å². The van der Waals surface area contributed by atoms with Gasteiger partial charge < -0.3 is 9.84 Å². The lowest BCUT2D eigenvalue weighted by Gasteiger charge is -2.28. The summed E-state index contributed by atoms with van der Waals surface area (Å²) in [6, 6.07) is 11.0. The van der Waals surface area contributed by atoms with Gasteiger partial charge in [0.15, 0.2) is 5.16 Å². The fraction of sp³-hybridized carbons (Fsp3) is 0.312. The van der Waals surface area contributed by atoms with Crippen LogP contribution in [-0.2, 0) is 26.0 Å². The first kappa shape index (κ1) is 36.8. The van der Waals surface area contributed by atoms with Crippen LogP contribution in [0.15, 0.2) is 70.8 Å². The Balaban J connectivity index is 1.72. The van der Waals surface area contributed by atoms with Gasteiger partial charge in [0.2, 0.25) is 10.0 Å². The molecule has 1 heterocycles. The number of benzene rings is 3. The van der Waals surface area contributed by atoms with Gasteiger partial charge in [-0.2, -0.15) is 4.31 Å². The zero-order valence-corrected chi connectivity index (χ0v) is 29.8. The molecule has 47 heavy (non-hydrogen) atoms. The smallest absolute Gasteiger partial charge is 0.321 e. The summed E-state index contributed by atoms with van der Waals surface area (Å²) in [5.41, 5.74) is 0.945. The molecule has 0 saturated carbocycles. The van der Waals surface area contributed by atoms with E-state index in [1.165, 1.54) is 26.2 Å². The standard InChI is InChI=1S/C32H32BrClF3N3O5S2/c1-19(30(41)42)39(13-5-12-33)47(43,44)23-15-26(36)24(27(37)16-23)18-46-31-38-17-29(40(31)22-9-7-21(35)8-10-22)32(2,3)20-6-11-25(34)28(14-20)45-4/h6-11,14-17,19H,5,12-13,18H2,1-4H3,(H,41,42). The molecule has 0 fully saturated rings. The van der Waals surface area contributed by atoms with Crippen LogP contribution in [0.2, 0.25) is 5.02 Å². The minimum absolute atomic E-state index is 0.171. The number of aromatic nitrogens is 2. The van der Waals surface area contributed by atoms with Crippen molar-refractivity contribution < 1.29 is 36.2 Å². The second-order valence-corrected chi connectivity index (χ2v) is 15.1. The first-order chi connectivity index (χ1) is 22.1. The van der Waals surface area contributed by atoms with Crippen molar-refractivity contribution >= 4 is 55.3 Å².